The van der Waals surface area contributed by atoms with Crippen LogP contribution < -0.4 is 15.4 Å². The summed E-state index contributed by atoms with van der Waals surface area (Å²) in [4.78, 5) is 80.2. The van der Waals surface area contributed by atoms with Gasteiger partial charge in [-0.25, -0.2) is 22.8 Å². The maximum absolute atomic E-state index is 14.0. The number of aromatic carboxylic acids is 1. The van der Waals surface area contributed by atoms with Crippen molar-refractivity contribution in [1.29, 1.82) is 0 Å². The summed E-state index contributed by atoms with van der Waals surface area (Å²) in [6.07, 6.45) is 4.08. The van der Waals surface area contributed by atoms with Crippen molar-refractivity contribution >= 4 is 45.9 Å². The van der Waals surface area contributed by atoms with E-state index in [1.165, 1.54) is 17.0 Å². The number of hydrogen-bond donors (Lipinski definition) is 5. The molecule has 17 heteroatoms. The zero-order valence-corrected chi connectivity index (χ0v) is 27.4. The fraction of sp³-hybridized carbons (Fsp3) is 0.562. The van der Waals surface area contributed by atoms with Gasteiger partial charge in [-0.3, -0.25) is 24.0 Å². The van der Waals surface area contributed by atoms with Crippen LogP contribution in [0.3, 0.4) is 0 Å². The van der Waals surface area contributed by atoms with Gasteiger partial charge in [-0.05, 0) is 61.8 Å². The largest absolute Gasteiger partial charge is 0.478 e. The van der Waals surface area contributed by atoms with Crippen molar-refractivity contribution in [3.63, 3.8) is 0 Å². The van der Waals surface area contributed by atoms with E-state index in [2.05, 4.69) is 15.4 Å². The van der Waals surface area contributed by atoms with E-state index < -0.39 is 80.8 Å². The highest BCUT2D eigenvalue weighted by atomic mass is 32.2. The van der Waals surface area contributed by atoms with Crippen LogP contribution in [0.5, 0.6) is 0 Å². The van der Waals surface area contributed by atoms with Gasteiger partial charge in [0, 0.05) is 25.4 Å². The van der Waals surface area contributed by atoms with E-state index in [0.717, 1.165) is 16.9 Å². The summed E-state index contributed by atoms with van der Waals surface area (Å²) < 4.78 is 33.2. The molecule has 0 aromatic heterocycles. The topological polar surface area (TPSA) is 229 Å². The Labute approximate surface area is 282 Å². The first kappa shape index (κ1) is 34.2. The molecule has 5 atom stereocenters. The Morgan fingerprint density at radius 3 is 2.47 bits per heavy atom. The van der Waals surface area contributed by atoms with Gasteiger partial charge >= 0.3 is 18.2 Å². The Bertz CT molecular complexity index is 1710. The van der Waals surface area contributed by atoms with Gasteiger partial charge in [0.15, 0.2) is 0 Å². The number of nitrogens with zero attached hydrogens (tertiary/aromatic N) is 2. The molecule has 1 aromatic carbocycles. The predicted octanol–water partition coefficient (Wildman–Crippen LogP) is 1.45. The molecular formula is C32H39N5O11S. The minimum absolute atomic E-state index is 0.0771. The number of carbonyl (C=O) groups is 6. The number of fused-ring (bicyclic) bond motifs is 3. The van der Waals surface area contributed by atoms with E-state index in [9.17, 15) is 47.4 Å². The minimum Gasteiger partial charge on any atom is -0.478 e. The number of benzene rings is 1. The number of carbonyl (C=O) groups excluding carboxylic acids is 4. The zero-order chi connectivity index (χ0) is 35.1. The Hall–Kier alpha value is -4.67. The average molecular weight is 702 g/mol. The first-order valence-electron chi connectivity index (χ1n) is 16.4. The molecule has 2 saturated carbocycles. The molecule has 3 heterocycles. The SMILES string of the molecule is O=C(O)N[C@H]1CCCCC/C=C\[C@@H]2C[C@@]2(C(=O)NS(=O)(=O)C2CC2)NC(=O)[C@@H]2C[C@@H](OC(=O)N3Cc4ccc(C(=O)O)cc4C3)CN2C1=O. The van der Waals surface area contributed by atoms with Gasteiger partial charge in [0.25, 0.3) is 5.91 Å². The highest BCUT2D eigenvalue weighted by Crippen LogP contribution is 2.46. The second-order valence-electron chi connectivity index (χ2n) is 13.4. The second kappa shape index (κ2) is 13.3. The lowest BCUT2D eigenvalue weighted by atomic mass is 10.1. The quantitative estimate of drug-likeness (QED) is 0.267. The van der Waals surface area contributed by atoms with Crippen LogP contribution in [0.15, 0.2) is 30.4 Å². The van der Waals surface area contributed by atoms with Gasteiger partial charge in [-0.2, -0.15) is 0 Å². The molecule has 3 fully saturated rings. The summed E-state index contributed by atoms with van der Waals surface area (Å²) >= 11 is 0. The number of nitrogens with one attached hydrogen (secondary N) is 3. The Morgan fingerprint density at radius 2 is 1.76 bits per heavy atom. The monoisotopic (exact) mass is 701 g/mol. The van der Waals surface area contributed by atoms with Crippen molar-refractivity contribution in [2.45, 2.75) is 99.9 Å². The summed E-state index contributed by atoms with van der Waals surface area (Å²) in [6, 6.07) is 2.10. The first-order valence-corrected chi connectivity index (χ1v) is 18.0. The minimum atomic E-state index is -3.93. The van der Waals surface area contributed by atoms with Gasteiger partial charge < -0.3 is 30.5 Å². The molecule has 16 nitrogen and oxygen atoms in total. The number of sulfonamides is 1. The lowest BCUT2D eigenvalue weighted by Gasteiger charge is -2.29. The number of carboxylic acid groups (broad SMARTS) is 2. The van der Waals surface area contributed by atoms with Crippen LogP contribution in [-0.4, -0.2) is 99.8 Å². The highest BCUT2D eigenvalue weighted by molar-refractivity contribution is 7.91. The Kier molecular flexibility index (Phi) is 9.30. The Balaban J connectivity index is 1.23. The Morgan fingerprint density at radius 1 is 1.00 bits per heavy atom. The van der Waals surface area contributed by atoms with E-state index in [-0.39, 0.29) is 44.5 Å². The third-order valence-electron chi connectivity index (χ3n) is 9.84. The lowest BCUT2D eigenvalue weighted by molar-refractivity contribution is -0.141. The number of ether oxygens (including phenoxy) is 1. The van der Waals surface area contributed by atoms with Crippen LogP contribution in [0, 0.1) is 5.92 Å². The van der Waals surface area contributed by atoms with Crippen LogP contribution in [0.2, 0.25) is 0 Å². The van der Waals surface area contributed by atoms with Crippen molar-refractivity contribution in [2.24, 2.45) is 5.92 Å². The molecule has 5 amide bonds. The molecule has 3 aliphatic heterocycles. The third-order valence-corrected chi connectivity index (χ3v) is 11.7. The normalized spacial score (nSPS) is 29.2. The zero-order valence-electron chi connectivity index (χ0n) is 26.6. The molecule has 5 aliphatic rings. The van der Waals surface area contributed by atoms with Crippen molar-refractivity contribution in [2.75, 3.05) is 6.54 Å². The smallest absolute Gasteiger partial charge is 0.410 e. The van der Waals surface area contributed by atoms with Gasteiger partial charge in [0.1, 0.15) is 23.7 Å². The molecule has 6 rings (SSSR count). The van der Waals surface area contributed by atoms with Crippen molar-refractivity contribution in [1.82, 2.24) is 25.2 Å². The lowest BCUT2D eigenvalue weighted by Crippen LogP contribution is -2.58. The predicted molar refractivity (Wildman–Crippen MR) is 169 cm³/mol. The van der Waals surface area contributed by atoms with E-state index in [4.69, 9.17) is 4.74 Å². The van der Waals surface area contributed by atoms with Gasteiger partial charge in [0.2, 0.25) is 21.8 Å². The third kappa shape index (κ3) is 7.35. The van der Waals surface area contributed by atoms with Crippen LogP contribution in [0.25, 0.3) is 0 Å². The molecule has 264 valence electrons. The molecule has 1 aromatic rings. The van der Waals surface area contributed by atoms with E-state index in [1.54, 1.807) is 12.1 Å². The molecule has 5 N–H and O–H groups in total. The molecule has 0 radical (unpaired) electrons. The fourth-order valence-corrected chi connectivity index (χ4v) is 8.23. The van der Waals surface area contributed by atoms with Gasteiger partial charge in [-0.15, -0.1) is 0 Å². The van der Waals surface area contributed by atoms with Gasteiger partial charge in [0.05, 0.1) is 17.4 Å². The van der Waals surface area contributed by atoms with Gasteiger partial charge in [-0.1, -0.05) is 31.1 Å². The maximum atomic E-state index is 14.0. The van der Waals surface area contributed by atoms with Crippen molar-refractivity contribution in [3.05, 3.63) is 47.0 Å². The molecule has 0 spiro atoms. The number of amides is 5. The first-order chi connectivity index (χ1) is 23.3. The number of hydrogen-bond acceptors (Lipinski definition) is 9. The van der Waals surface area contributed by atoms with Crippen LogP contribution in [-0.2, 0) is 42.2 Å². The molecule has 1 saturated heterocycles. The van der Waals surface area contributed by atoms with Crippen LogP contribution >= 0.6 is 0 Å². The summed E-state index contributed by atoms with van der Waals surface area (Å²) in [7, 11) is -3.93. The molecule has 0 unspecified atom stereocenters. The molecular weight excluding hydrogens is 662 g/mol. The van der Waals surface area contributed by atoms with E-state index >= 15 is 0 Å². The maximum Gasteiger partial charge on any atom is 0.410 e. The van der Waals surface area contributed by atoms with Crippen LogP contribution in [0.4, 0.5) is 9.59 Å². The van der Waals surface area contributed by atoms with E-state index in [1.807, 2.05) is 6.08 Å². The summed E-state index contributed by atoms with van der Waals surface area (Å²) in [6.45, 7) is 0.0206. The fourth-order valence-electron chi connectivity index (χ4n) is 6.87. The summed E-state index contributed by atoms with van der Waals surface area (Å²) in [5.74, 6) is -3.91. The number of carboxylic acids is 1. The molecule has 49 heavy (non-hydrogen) atoms. The summed E-state index contributed by atoms with van der Waals surface area (Å²) in [5, 5.41) is 23.1. The molecule has 2 aliphatic carbocycles. The number of rotatable bonds is 6. The highest BCUT2D eigenvalue weighted by Gasteiger charge is 2.62. The summed E-state index contributed by atoms with van der Waals surface area (Å²) in [5.41, 5.74) is -0.103. The van der Waals surface area contributed by atoms with E-state index in [0.29, 0.717) is 37.7 Å². The average Bonchev–Trinajstić information content (AvgIpc) is 3.93. The molecule has 0 bridgehead atoms. The second-order valence-corrected chi connectivity index (χ2v) is 15.4. The standard InChI is InChI=1S/C32H39N5O11S/c38-26-25-13-22(48-31(45)36-15-19-9-8-18(28(40)41)12-20(19)16-36)17-37(25)27(39)24(33-30(43)44)7-5-3-1-2-4-6-21-14-32(21,34-26)29(42)35-49(46,47)23-10-11-23/h4,6,8-9,12,21-25,33H,1-3,5,7,10-11,13-17H2,(H,34,38)(H,35,42)(H,40,41)(H,43,44)/b6-4-/t21-,22-,24+,25+,32-/m1/s1. The van der Waals surface area contributed by atoms with Crippen molar-refractivity contribution < 1.29 is 52.1 Å². The number of allylic oxidation sites excluding steroid dienone is 1. The van der Waals surface area contributed by atoms with Crippen molar-refractivity contribution in [3.8, 4) is 0 Å². The van der Waals surface area contributed by atoms with Crippen LogP contribution in [0.1, 0.15) is 79.3 Å².